The highest BCUT2D eigenvalue weighted by molar-refractivity contribution is 7.99. The molecule has 0 radical (unpaired) electrons. The highest BCUT2D eigenvalue weighted by atomic mass is 32.2. The van der Waals surface area contributed by atoms with Gasteiger partial charge >= 0.3 is 0 Å². The molecule has 1 heterocycles. The van der Waals surface area contributed by atoms with Crippen molar-refractivity contribution in [1.82, 2.24) is 5.01 Å². The van der Waals surface area contributed by atoms with Gasteiger partial charge in [-0.2, -0.15) is 5.10 Å². The Morgan fingerprint density at radius 1 is 1.47 bits per heavy atom. The largest absolute Gasteiger partial charge is 0.369 e. The van der Waals surface area contributed by atoms with Crippen LogP contribution >= 0.6 is 11.8 Å². The number of benzene rings is 1. The van der Waals surface area contributed by atoms with Crippen LogP contribution in [-0.4, -0.2) is 33.2 Å². The molecule has 0 spiro atoms. The molecule has 0 aliphatic carbocycles. The Kier molecular flexibility index (Phi) is 4.27. The van der Waals surface area contributed by atoms with E-state index in [4.69, 9.17) is 0 Å². The average molecular weight is 278 g/mol. The molecule has 1 aliphatic heterocycles. The number of nitrogens with zero attached hydrogens (tertiary/aromatic N) is 2. The van der Waals surface area contributed by atoms with E-state index in [0.717, 1.165) is 11.5 Å². The summed E-state index contributed by atoms with van der Waals surface area (Å²) in [5.74, 6) is 0.954. The fraction of sp³-hybridized carbons (Fsp3) is 0.429. The Hall–Kier alpha value is -1.33. The van der Waals surface area contributed by atoms with Crippen LogP contribution in [0.25, 0.3) is 0 Å². The summed E-state index contributed by atoms with van der Waals surface area (Å²) in [4.78, 5) is 12.0. The number of hydrogen-bond acceptors (Lipinski definition) is 4. The molecule has 2 rings (SSSR count). The Balaban J connectivity index is 1.85. The minimum absolute atomic E-state index is 0.150. The van der Waals surface area contributed by atoms with Crippen LogP contribution in [0.5, 0.6) is 0 Å². The molecular weight excluding hydrogens is 260 g/mol. The van der Waals surface area contributed by atoms with E-state index in [-0.39, 0.29) is 5.91 Å². The number of thioether (sulfide) groups is 1. The molecular formula is C14H18N2O2S. The lowest BCUT2D eigenvalue weighted by Crippen LogP contribution is -2.44. The van der Waals surface area contributed by atoms with Gasteiger partial charge in [0, 0.05) is 17.9 Å². The van der Waals surface area contributed by atoms with Crippen LogP contribution < -0.4 is 0 Å². The SMILES string of the molecule is CC1=NN(C(=O)CSCc2ccccc2)[C@@](C)(O)C1. The predicted molar refractivity (Wildman–Crippen MR) is 77.8 cm³/mol. The van der Waals surface area contributed by atoms with Crippen molar-refractivity contribution < 1.29 is 9.90 Å². The van der Waals surface area contributed by atoms with Gasteiger partial charge in [0.15, 0.2) is 5.72 Å². The summed E-state index contributed by atoms with van der Waals surface area (Å²) in [5.41, 5.74) is 0.800. The molecule has 1 aliphatic rings. The fourth-order valence-electron chi connectivity index (χ4n) is 2.09. The van der Waals surface area contributed by atoms with Gasteiger partial charge in [0.1, 0.15) is 0 Å². The molecule has 0 unspecified atom stereocenters. The highest BCUT2D eigenvalue weighted by Gasteiger charge is 2.38. The standard InChI is InChI=1S/C14H18N2O2S/c1-11-8-14(2,18)16(15-11)13(17)10-19-9-12-6-4-3-5-7-12/h3-7,18H,8-10H2,1-2H3/t14-/m0/s1. The first-order chi connectivity index (χ1) is 8.99. The van der Waals surface area contributed by atoms with Crippen LogP contribution in [0.4, 0.5) is 0 Å². The molecule has 19 heavy (non-hydrogen) atoms. The first-order valence-corrected chi connectivity index (χ1v) is 7.36. The first-order valence-electron chi connectivity index (χ1n) is 6.20. The van der Waals surface area contributed by atoms with Gasteiger partial charge in [-0.25, -0.2) is 5.01 Å². The second-order valence-electron chi connectivity index (χ2n) is 4.91. The van der Waals surface area contributed by atoms with Gasteiger partial charge in [-0.15, -0.1) is 11.8 Å². The molecule has 0 saturated heterocycles. The van der Waals surface area contributed by atoms with Crippen molar-refractivity contribution in [2.75, 3.05) is 5.75 Å². The lowest BCUT2D eigenvalue weighted by atomic mass is 10.1. The number of carbonyl (C=O) groups excluding carboxylic acids is 1. The van der Waals surface area contributed by atoms with Crippen molar-refractivity contribution in [2.45, 2.75) is 31.7 Å². The predicted octanol–water partition coefficient (Wildman–Crippen LogP) is 2.24. The highest BCUT2D eigenvalue weighted by Crippen LogP contribution is 2.25. The van der Waals surface area contributed by atoms with E-state index in [1.54, 1.807) is 6.92 Å². The van der Waals surface area contributed by atoms with Gasteiger partial charge in [-0.1, -0.05) is 30.3 Å². The molecule has 1 N–H and O–H groups in total. The van der Waals surface area contributed by atoms with E-state index in [9.17, 15) is 9.90 Å². The molecule has 4 nitrogen and oxygen atoms in total. The normalized spacial score (nSPS) is 22.5. The van der Waals surface area contributed by atoms with Gasteiger partial charge in [-0.05, 0) is 19.4 Å². The third-order valence-corrected chi connectivity index (χ3v) is 3.88. The molecule has 1 aromatic carbocycles. The molecule has 0 fully saturated rings. The number of amides is 1. The molecule has 0 aromatic heterocycles. The third-order valence-electron chi connectivity index (χ3n) is 2.89. The molecule has 0 bridgehead atoms. The van der Waals surface area contributed by atoms with Crippen molar-refractivity contribution in [3.63, 3.8) is 0 Å². The minimum Gasteiger partial charge on any atom is -0.369 e. The summed E-state index contributed by atoms with van der Waals surface area (Å²) < 4.78 is 0. The summed E-state index contributed by atoms with van der Waals surface area (Å²) in [6.07, 6.45) is 0.419. The molecule has 1 amide bonds. The van der Waals surface area contributed by atoms with Gasteiger partial charge in [-0.3, -0.25) is 4.79 Å². The summed E-state index contributed by atoms with van der Waals surface area (Å²) in [5, 5.41) is 15.4. The fourth-order valence-corrected chi connectivity index (χ4v) is 2.92. The van der Waals surface area contributed by atoms with Crippen LogP contribution in [0, 0.1) is 0 Å². The van der Waals surface area contributed by atoms with Crippen LogP contribution in [0.2, 0.25) is 0 Å². The maximum atomic E-state index is 12.0. The second kappa shape index (κ2) is 5.75. The van der Waals surface area contributed by atoms with E-state index >= 15 is 0 Å². The maximum absolute atomic E-state index is 12.0. The zero-order valence-electron chi connectivity index (χ0n) is 11.2. The van der Waals surface area contributed by atoms with Crippen molar-refractivity contribution in [2.24, 2.45) is 5.10 Å². The van der Waals surface area contributed by atoms with E-state index in [1.165, 1.54) is 22.3 Å². The maximum Gasteiger partial charge on any atom is 0.255 e. The first kappa shape index (κ1) is 14.1. The molecule has 102 valence electrons. The quantitative estimate of drug-likeness (QED) is 0.919. The van der Waals surface area contributed by atoms with Crippen molar-refractivity contribution in [3.05, 3.63) is 35.9 Å². The number of hydrogen-bond donors (Lipinski definition) is 1. The van der Waals surface area contributed by atoms with E-state index in [0.29, 0.717) is 12.2 Å². The summed E-state index contributed by atoms with van der Waals surface area (Å²) in [6.45, 7) is 3.44. The average Bonchev–Trinajstić information content (AvgIpc) is 2.64. The van der Waals surface area contributed by atoms with Gasteiger partial charge < -0.3 is 5.11 Å². The van der Waals surface area contributed by atoms with Crippen molar-refractivity contribution in [3.8, 4) is 0 Å². The zero-order chi connectivity index (χ0) is 13.9. The second-order valence-corrected chi connectivity index (χ2v) is 5.90. The summed E-state index contributed by atoms with van der Waals surface area (Å²) in [7, 11) is 0. The number of hydrazone groups is 1. The Labute approximate surface area is 117 Å². The Bertz CT molecular complexity index is 485. The van der Waals surface area contributed by atoms with Gasteiger partial charge in [0.2, 0.25) is 0 Å². The van der Waals surface area contributed by atoms with Crippen LogP contribution in [0.3, 0.4) is 0 Å². The van der Waals surface area contributed by atoms with Crippen molar-refractivity contribution >= 4 is 23.4 Å². The minimum atomic E-state index is -1.17. The number of carbonyl (C=O) groups is 1. The van der Waals surface area contributed by atoms with Gasteiger partial charge in [0.05, 0.1) is 5.75 Å². The molecule has 5 heteroatoms. The number of aliphatic hydroxyl groups is 1. The topological polar surface area (TPSA) is 52.9 Å². The molecule has 1 aromatic rings. The van der Waals surface area contributed by atoms with Crippen molar-refractivity contribution in [1.29, 1.82) is 0 Å². The zero-order valence-corrected chi connectivity index (χ0v) is 12.0. The lowest BCUT2D eigenvalue weighted by Gasteiger charge is -2.26. The third kappa shape index (κ3) is 3.58. The van der Waals surface area contributed by atoms with E-state index in [2.05, 4.69) is 5.10 Å². The molecule has 1 atom stereocenters. The Morgan fingerprint density at radius 2 is 2.16 bits per heavy atom. The van der Waals surface area contributed by atoms with Crippen LogP contribution in [-0.2, 0) is 10.5 Å². The summed E-state index contributed by atoms with van der Waals surface area (Å²) >= 11 is 1.53. The summed E-state index contributed by atoms with van der Waals surface area (Å²) in [6, 6.07) is 10.0. The van der Waals surface area contributed by atoms with Crippen LogP contribution in [0.1, 0.15) is 25.8 Å². The number of rotatable bonds is 4. The van der Waals surface area contributed by atoms with E-state index < -0.39 is 5.72 Å². The van der Waals surface area contributed by atoms with E-state index in [1.807, 2.05) is 37.3 Å². The smallest absolute Gasteiger partial charge is 0.255 e. The van der Waals surface area contributed by atoms with Crippen LogP contribution in [0.15, 0.2) is 35.4 Å². The monoisotopic (exact) mass is 278 g/mol. The Morgan fingerprint density at radius 3 is 2.74 bits per heavy atom. The molecule has 0 saturated carbocycles. The van der Waals surface area contributed by atoms with Gasteiger partial charge in [0.25, 0.3) is 5.91 Å². The lowest BCUT2D eigenvalue weighted by molar-refractivity contribution is -0.148.